The van der Waals surface area contributed by atoms with Crippen molar-refractivity contribution in [2.24, 2.45) is 0 Å². The molecule has 0 saturated carbocycles. The molecular weight excluding hydrogens is 230 g/mol. The van der Waals surface area contributed by atoms with Gasteiger partial charge in [0, 0.05) is 7.05 Å². The molecule has 2 rings (SSSR count). The third kappa shape index (κ3) is 2.05. The van der Waals surface area contributed by atoms with Gasteiger partial charge in [-0.15, -0.1) is 0 Å². The summed E-state index contributed by atoms with van der Waals surface area (Å²) in [6.45, 7) is 3.93. The van der Waals surface area contributed by atoms with Gasteiger partial charge in [0.1, 0.15) is 12.3 Å². The Morgan fingerprint density at radius 1 is 1.22 bits per heavy atom. The Labute approximate surface area is 104 Å². The number of ether oxygens (including phenoxy) is 1. The molecule has 0 aliphatic rings. The minimum atomic E-state index is -0.568. The predicted octanol–water partition coefficient (Wildman–Crippen LogP) is 1.55. The van der Waals surface area contributed by atoms with E-state index in [-0.39, 0.29) is 18.0 Å². The van der Waals surface area contributed by atoms with Gasteiger partial charge in [0.2, 0.25) is 0 Å². The number of benzene rings is 1. The molecule has 0 radical (unpaired) electrons. The van der Waals surface area contributed by atoms with Crippen LogP contribution in [0.4, 0.5) is 5.69 Å². The van der Waals surface area contributed by atoms with Crippen molar-refractivity contribution in [2.45, 2.75) is 6.61 Å². The molecule has 0 heterocycles. The van der Waals surface area contributed by atoms with Gasteiger partial charge in [-0.05, 0) is 11.1 Å². The molecule has 0 unspecified atom stereocenters. The lowest BCUT2D eigenvalue weighted by atomic mass is 10.1. The third-order valence-electron chi connectivity index (χ3n) is 2.72. The van der Waals surface area contributed by atoms with Gasteiger partial charge in [-0.2, -0.15) is 0 Å². The quantitative estimate of drug-likeness (QED) is 0.809. The molecular formula is C14H13NO3. The van der Waals surface area contributed by atoms with Crippen LogP contribution in [0.1, 0.15) is 11.1 Å². The normalized spacial score (nSPS) is 10.3. The van der Waals surface area contributed by atoms with Gasteiger partial charge < -0.3 is 10.1 Å². The Kier molecular flexibility index (Phi) is 3.28. The highest BCUT2D eigenvalue weighted by Crippen LogP contribution is 2.18. The summed E-state index contributed by atoms with van der Waals surface area (Å²) in [5.74, 6) is 0.121. The van der Waals surface area contributed by atoms with E-state index in [0.717, 1.165) is 11.1 Å². The van der Waals surface area contributed by atoms with Crippen LogP contribution in [0.15, 0.2) is 40.4 Å². The monoisotopic (exact) mass is 243 g/mol. The summed E-state index contributed by atoms with van der Waals surface area (Å²) >= 11 is 0. The summed E-state index contributed by atoms with van der Waals surface area (Å²) in [6, 6.07) is 7.60. The fourth-order valence-corrected chi connectivity index (χ4v) is 1.64. The molecule has 0 fully saturated rings. The average molecular weight is 243 g/mol. The van der Waals surface area contributed by atoms with Crippen molar-refractivity contribution >= 4 is 11.8 Å². The lowest BCUT2D eigenvalue weighted by Gasteiger charge is -2.11. The molecule has 1 N–H and O–H groups in total. The first-order valence-corrected chi connectivity index (χ1v) is 5.52. The number of hydrogen-bond donors (Lipinski definition) is 1. The number of anilines is 1. The van der Waals surface area contributed by atoms with Gasteiger partial charge >= 0.3 is 0 Å². The Morgan fingerprint density at radius 2 is 1.89 bits per heavy atom. The maximum atomic E-state index is 11.3. The summed E-state index contributed by atoms with van der Waals surface area (Å²) in [5, 5.41) is 2.66. The highest BCUT2D eigenvalue weighted by Gasteiger charge is 2.21. The Bertz CT molecular complexity index is 634. The molecule has 2 aromatic carbocycles. The molecule has 0 atom stereocenters. The van der Waals surface area contributed by atoms with Crippen LogP contribution in [0.2, 0.25) is 0 Å². The van der Waals surface area contributed by atoms with Crippen LogP contribution in [-0.2, 0) is 6.61 Å². The fraction of sp³-hybridized carbons (Fsp3) is 0.143. The Balaban J connectivity index is 2.07. The minimum absolute atomic E-state index is 0.121. The first kappa shape index (κ1) is 12.1. The zero-order valence-electron chi connectivity index (χ0n) is 10.0. The van der Waals surface area contributed by atoms with Crippen molar-refractivity contribution in [1.82, 2.24) is 0 Å². The van der Waals surface area contributed by atoms with E-state index in [1.807, 2.05) is 24.3 Å². The smallest absolute Gasteiger partial charge is 0.272 e. The highest BCUT2D eigenvalue weighted by atomic mass is 16.5. The molecule has 4 nitrogen and oxygen atoms in total. The number of hydrogen-bond acceptors (Lipinski definition) is 4. The van der Waals surface area contributed by atoms with E-state index >= 15 is 0 Å². The first-order chi connectivity index (χ1) is 8.67. The molecule has 0 aliphatic heterocycles. The molecule has 0 aromatic heterocycles. The highest BCUT2D eigenvalue weighted by molar-refractivity contribution is 5.61. The maximum Gasteiger partial charge on any atom is 0.272 e. The number of nitrogens with one attached hydrogen (secondary N) is 1. The van der Waals surface area contributed by atoms with Crippen LogP contribution in [-0.4, -0.2) is 7.05 Å². The molecule has 0 amide bonds. The maximum absolute atomic E-state index is 11.3. The van der Waals surface area contributed by atoms with Gasteiger partial charge in [-0.25, -0.2) is 0 Å². The zero-order chi connectivity index (χ0) is 13.1. The second-order valence-corrected chi connectivity index (χ2v) is 3.85. The van der Waals surface area contributed by atoms with Gasteiger partial charge in [-0.1, -0.05) is 36.9 Å². The van der Waals surface area contributed by atoms with Crippen molar-refractivity contribution in [2.75, 3.05) is 12.4 Å². The van der Waals surface area contributed by atoms with Crippen LogP contribution >= 0.6 is 0 Å². The van der Waals surface area contributed by atoms with E-state index in [1.165, 1.54) is 0 Å². The predicted molar refractivity (Wildman–Crippen MR) is 71.8 cm³/mol. The van der Waals surface area contributed by atoms with Crippen LogP contribution in [0.25, 0.3) is 6.08 Å². The van der Waals surface area contributed by atoms with Gasteiger partial charge in [-0.3, -0.25) is 9.59 Å². The lowest BCUT2D eigenvalue weighted by molar-refractivity contribution is 0.301. The average Bonchev–Trinajstić information content (AvgIpc) is 2.42. The molecule has 0 bridgehead atoms. The summed E-state index contributed by atoms with van der Waals surface area (Å²) in [6.07, 6.45) is 1.75. The summed E-state index contributed by atoms with van der Waals surface area (Å²) in [4.78, 5) is 22.4. The van der Waals surface area contributed by atoms with E-state index in [4.69, 9.17) is 4.74 Å². The van der Waals surface area contributed by atoms with E-state index in [2.05, 4.69) is 11.9 Å². The second kappa shape index (κ2) is 4.87. The van der Waals surface area contributed by atoms with E-state index in [0.29, 0.717) is 0 Å². The topological polar surface area (TPSA) is 55.4 Å². The van der Waals surface area contributed by atoms with Crippen LogP contribution in [0, 0.1) is 0 Å². The van der Waals surface area contributed by atoms with Crippen molar-refractivity contribution in [3.8, 4) is 5.75 Å². The van der Waals surface area contributed by atoms with Crippen LogP contribution in [0.3, 0.4) is 0 Å². The summed E-state index contributed by atoms with van der Waals surface area (Å²) in [7, 11) is 1.59. The Hall–Kier alpha value is -2.36. The number of rotatable bonds is 5. The summed E-state index contributed by atoms with van der Waals surface area (Å²) in [5.41, 5.74) is 1.11. The largest absolute Gasteiger partial charge is 0.482 e. The minimum Gasteiger partial charge on any atom is -0.482 e. The molecule has 92 valence electrons. The SMILES string of the molecule is C=Cc1ccc(COc2c(NC)c(=O)c2=O)cc1. The molecule has 18 heavy (non-hydrogen) atoms. The van der Waals surface area contributed by atoms with Crippen molar-refractivity contribution in [3.63, 3.8) is 0 Å². The molecule has 0 aliphatic carbocycles. The van der Waals surface area contributed by atoms with Gasteiger partial charge in [0.25, 0.3) is 10.9 Å². The van der Waals surface area contributed by atoms with Gasteiger partial charge in [0.15, 0.2) is 5.75 Å². The van der Waals surface area contributed by atoms with Crippen LogP contribution < -0.4 is 20.9 Å². The van der Waals surface area contributed by atoms with Gasteiger partial charge in [0.05, 0.1) is 0 Å². The molecule has 2 aromatic rings. The summed E-state index contributed by atoms with van der Waals surface area (Å²) < 4.78 is 5.34. The van der Waals surface area contributed by atoms with Crippen LogP contribution in [0.5, 0.6) is 5.75 Å². The zero-order valence-corrected chi connectivity index (χ0v) is 10.0. The molecule has 0 spiro atoms. The standard InChI is InChI=1S/C14H13NO3/c1-3-9-4-6-10(7-5-9)8-18-14-11(15-2)12(16)13(14)17/h3-7,15H,1,8H2,2H3. The van der Waals surface area contributed by atoms with E-state index in [9.17, 15) is 9.59 Å². The second-order valence-electron chi connectivity index (χ2n) is 3.85. The fourth-order valence-electron chi connectivity index (χ4n) is 1.64. The Morgan fingerprint density at radius 3 is 2.44 bits per heavy atom. The first-order valence-electron chi connectivity index (χ1n) is 5.52. The van der Waals surface area contributed by atoms with Crippen molar-refractivity contribution in [1.29, 1.82) is 0 Å². The third-order valence-corrected chi connectivity index (χ3v) is 2.72. The lowest BCUT2D eigenvalue weighted by Crippen LogP contribution is -2.35. The van der Waals surface area contributed by atoms with E-state index < -0.39 is 10.9 Å². The van der Waals surface area contributed by atoms with E-state index in [1.54, 1.807) is 13.1 Å². The molecule has 0 saturated heterocycles. The molecule has 4 heteroatoms. The van der Waals surface area contributed by atoms with Crippen molar-refractivity contribution in [3.05, 3.63) is 62.4 Å². The van der Waals surface area contributed by atoms with Crippen molar-refractivity contribution < 1.29 is 4.74 Å².